The van der Waals surface area contributed by atoms with E-state index in [1.807, 2.05) is 0 Å². The van der Waals surface area contributed by atoms with Gasteiger partial charge in [-0.25, -0.2) is 0 Å². The molecule has 0 aliphatic heterocycles. The minimum Gasteiger partial charge on any atom is -0.330 e. The number of unbranched alkanes of at least 4 members (excludes halogenated alkanes) is 1. The molecule has 116 valence electrons. The Kier molecular flexibility index (Phi) is 11.4. The molecule has 20 heavy (non-hydrogen) atoms. The predicted molar refractivity (Wildman–Crippen MR) is 92.4 cm³/mol. The Morgan fingerprint density at radius 2 is 2.00 bits per heavy atom. The minimum atomic E-state index is 0.487. The second kappa shape index (κ2) is 11.9. The van der Waals surface area contributed by atoms with Crippen LogP contribution in [0.4, 0.5) is 0 Å². The number of nitrogens with zero attached hydrogens (tertiary/aromatic N) is 1. The number of rotatable bonds is 11. The molecule has 0 saturated carbocycles. The maximum atomic E-state index is 5.50. The molecule has 0 saturated heterocycles. The third-order valence-electron chi connectivity index (χ3n) is 4.13. The Hall–Kier alpha value is -0.890. The van der Waals surface area contributed by atoms with E-state index in [9.17, 15) is 0 Å². The normalized spacial score (nSPS) is 16.1. The van der Waals surface area contributed by atoms with Gasteiger partial charge in [-0.15, -0.1) is 6.58 Å². The van der Waals surface area contributed by atoms with Crippen molar-refractivity contribution in [3.8, 4) is 0 Å². The van der Waals surface area contributed by atoms with E-state index in [0.717, 1.165) is 45.2 Å². The summed E-state index contributed by atoms with van der Waals surface area (Å²) in [6.07, 6.45) is 10.1. The van der Waals surface area contributed by atoms with Gasteiger partial charge in [0, 0.05) is 12.3 Å². The Balaban J connectivity index is 4.30. The van der Waals surface area contributed by atoms with Crippen molar-refractivity contribution in [3.63, 3.8) is 0 Å². The smallest absolute Gasteiger partial charge is 0.0389 e. The van der Waals surface area contributed by atoms with Gasteiger partial charge in [-0.05, 0) is 64.3 Å². The van der Waals surface area contributed by atoms with E-state index in [1.165, 1.54) is 11.3 Å². The van der Waals surface area contributed by atoms with Gasteiger partial charge in [-0.1, -0.05) is 31.6 Å². The minimum absolute atomic E-state index is 0.487. The average Bonchev–Trinajstić information content (AvgIpc) is 2.46. The number of hydrogen-bond donors (Lipinski definition) is 1. The monoisotopic (exact) mass is 278 g/mol. The summed E-state index contributed by atoms with van der Waals surface area (Å²) in [5.41, 5.74) is 8.23. The van der Waals surface area contributed by atoms with E-state index in [4.69, 9.17) is 5.73 Å². The summed E-state index contributed by atoms with van der Waals surface area (Å²) in [6, 6.07) is 0. The summed E-state index contributed by atoms with van der Waals surface area (Å²) in [6.45, 7) is 14.5. The fraction of sp³-hybridized carbons (Fsp3) is 0.722. The number of allylic oxidation sites excluding steroid dienone is 3. The summed E-state index contributed by atoms with van der Waals surface area (Å²) >= 11 is 0. The Morgan fingerprint density at radius 3 is 2.55 bits per heavy atom. The molecule has 2 nitrogen and oxygen atoms in total. The zero-order chi connectivity index (χ0) is 15.4. The molecule has 0 aromatic carbocycles. The van der Waals surface area contributed by atoms with Crippen LogP contribution in [0.1, 0.15) is 59.8 Å². The summed E-state index contributed by atoms with van der Waals surface area (Å²) in [5.74, 6) is 1.01. The lowest BCUT2D eigenvalue weighted by Gasteiger charge is -2.20. The molecule has 0 amide bonds. The lowest BCUT2D eigenvalue weighted by molar-refractivity contribution is 0.501. The molecule has 0 aliphatic carbocycles. The molecule has 2 unspecified atom stereocenters. The molecular weight excluding hydrogens is 244 g/mol. The Labute approximate surface area is 126 Å². The van der Waals surface area contributed by atoms with Crippen molar-refractivity contribution < 1.29 is 0 Å². The van der Waals surface area contributed by atoms with E-state index in [1.54, 1.807) is 0 Å². The van der Waals surface area contributed by atoms with Crippen LogP contribution in [0.3, 0.4) is 0 Å². The molecule has 2 N–H and O–H groups in total. The highest BCUT2D eigenvalue weighted by atomic mass is 14.7. The molecule has 0 rings (SSSR count). The molecule has 2 heteroatoms. The summed E-state index contributed by atoms with van der Waals surface area (Å²) in [7, 11) is 0. The van der Waals surface area contributed by atoms with Gasteiger partial charge in [0.15, 0.2) is 0 Å². The molecular formula is C18H34N2. The molecule has 0 fully saturated rings. The standard InChI is InChI=1S/C18H34N2/c1-6-15(3)11-10-12-18(7-2)16(4)17(5)20-14-9-8-13-19/h7,11,16,18H,2,6,8-10,12-14,19H2,1,3-5H3/b15-11+,20-17+. The third kappa shape index (κ3) is 8.31. The zero-order valence-corrected chi connectivity index (χ0v) is 14.0. The third-order valence-corrected chi connectivity index (χ3v) is 4.13. The van der Waals surface area contributed by atoms with Crippen molar-refractivity contribution >= 4 is 5.71 Å². The highest BCUT2D eigenvalue weighted by Crippen LogP contribution is 2.21. The fourth-order valence-corrected chi connectivity index (χ4v) is 2.20. The lowest BCUT2D eigenvalue weighted by atomic mass is 9.86. The van der Waals surface area contributed by atoms with Crippen LogP contribution in [0.5, 0.6) is 0 Å². The van der Waals surface area contributed by atoms with Crippen molar-refractivity contribution in [2.45, 2.75) is 59.8 Å². The zero-order valence-electron chi connectivity index (χ0n) is 14.0. The van der Waals surface area contributed by atoms with E-state index in [0.29, 0.717) is 11.8 Å². The SMILES string of the molecule is C=CC(CC/C=C(\C)CC)C(C)/C(C)=N/CCCCN. The van der Waals surface area contributed by atoms with Crippen LogP contribution in [0.15, 0.2) is 29.3 Å². The number of nitrogens with two attached hydrogens (primary N) is 1. The summed E-state index contributed by atoms with van der Waals surface area (Å²) < 4.78 is 0. The van der Waals surface area contributed by atoms with Crippen LogP contribution in [-0.2, 0) is 0 Å². The molecule has 0 aromatic rings. The first-order valence-corrected chi connectivity index (χ1v) is 8.05. The molecule has 2 atom stereocenters. The number of hydrogen-bond acceptors (Lipinski definition) is 2. The van der Waals surface area contributed by atoms with E-state index >= 15 is 0 Å². The largest absolute Gasteiger partial charge is 0.330 e. The van der Waals surface area contributed by atoms with Crippen LogP contribution in [-0.4, -0.2) is 18.8 Å². The maximum absolute atomic E-state index is 5.50. The van der Waals surface area contributed by atoms with Crippen LogP contribution >= 0.6 is 0 Å². The summed E-state index contributed by atoms with van der Waals surface area (Å²) in [4.78, 5) is 4.69. The quantitative estimate of drug-likeness (QED) is 0.330. The molecule has 0 bridgehead atoms. The average molecular weight is 278 g/mol. The maximum Gasteiger partial charge on any atom is 0.0389 e. The van der Waals surface area contributed by atoms with E-state index in [-0.39, 0.29) is 0 Å². The van der Waals surface area contributed by atoms with Gasteiger partial charge in [0.2, 0.25) is 0 Å². The van der Waals surface area contributed by atoms with Gasteiger partial charge < -0.3 is 5.73 Å². The molecule has 0 aliphatic rings. The van der Waals surface area contributed by atoms with Gasteiger partial charge in [-0.3, -0.25) is 4.99 Å². The van der Waals surface area contributed by atoms with Crippen LogP contribution in [0.2, 0.25) is 0 Å². The van der Waals surface area contributed by atoms with Crippen LogP contribution in [0, 0.1) is 11.8 Å². The molecule has 0 radical (unpaired) electrons. The number of aliphatic imine (C=N–C) groups is 1. The van der Waals surface area contributed by atoms with Crippen LogP contribution in [0.25, 0.3) is 0 Å². The van der Waals surface area contributed by atoms with Gasteiger partial charge in [0.25, 0.3) is 0 Å². The highest BCUT2D eigenvalue weighted by Gasteiger charge is 2.15. The summed E-state index contributed by atoms with van der Waals surface area (Å²) in [5, 5.41) is 0. The molecule has 0 spiro atoms. The van der Waals surface area contributed by atoms with Crippen molar-refractivity contribution in [2.75, 3.05) is 13.1 Å². The van der Waals surface area contributed by atoms with E-state index < -0.39 is 0 Å². The fourth-order valence-electron chi connectivity index (χ4n) is 2.20. The van der Waals surface area contributed by atoms with Crippen molar-refractivity contribution in [1.29, 1.82) is 0 Å². The first-order chi connectivity index (χ1) is 9.56. The van der Waals surface area contributed by atoms with Gasteiger partial charge in [0.05, 0.1) is 0 Å². The van der Waals surface area contributed by atoms with E-state index in [2.05, 4.69) is 51.4 Å². The first kappa shape index (κ1) is 19.1. The first-order valence-electron chi connectivity index (χ1n) is 8.05. The molecule has 0 aromatic heterocycles. The van der Waals surface area contributed by atoms with Crippen LogP contribution < -0.4 is 5.73 Å². The van der Waals surface area contributed by atoms with Gasteiger partial charge in [0.1, 0.15) is 0 Å². The van der Waals surface area contributed by atoms with Gasteiger partial charge >= 0.3 is 0 Å². The Morgan fingerprint density at radius 1 is 1.30 bits per heavy atom. The lowest BCUT2D eigenvalue weighted by Crippen LogP contribution is -2.17. The highest BCUT2D eigenvalue weighted by molar-refractivity contribution is 5.84. The van der Waals surface area contributed by atoms with Crippen molar-refractivity contribution in [1.82, 2.24) is 0 Å². The predicted octanol–water partition coefficient (Wildman–Crippen LogP) is 4.76. The second-order valence-electron chi connectivity index (χ2n) is 5.69. The van der Waals surface area contributed by atoms with Gasteiger partial charge in [-0.2, -0.15) is 0 Å². The molecule has 0 heterocycles. The van der Waals surface area contributed by atoms with Crippen molar-refractivity contribution in [2.24, 2.45) is 22.6 Å². The Bertz CT molecular complexity index is 315. The topological polar surface area (TPSA) is 38.4 Å². The van der Waals surface area contributed by atoms with Crippen molar-refractivity contribution in [3.05, 3.63) is 24.3 Å². The second-order valence-corrected chi connectivity index (χ2v) is 5.69.